The smallest absolute Gasteiger partial charge is 0.405 e. The number of nitrogens with two attached hydrogens (primary N) is 1. The van der Waals surface area contributed by atoms with Gasteiger partial charge in [0.25, 0.3) is 0 Å². The molecule has 1 aliphatic rings. The Balaban J connectivity index is 0.00000243. The summed E-state index contributed by atoms with van der Waals surface area (Å²) in [6, 6.07) is 13.6. The van der Waals surface area contributed by atoms with E-state index in [-0.39, 0.29) is 47.6 Å². The quantitative estimate of drug-likeness (QED) is 0.378. The van der Waals surface area contributed by atoms with Gasteiger partial charge in [-0.3, -0.25) is 0 Å². The van der Waals surface area contributed by atoms with E-state index in [9.17, 15) is 13.2 Å². The third-order valence-corrected chi connectivity index (χ3v) is 3.90. The lowest BCUT2D eigenvalue weighted by Gasteiger charge is -2.12. The minimum Gasteiger partial charge on any atom is -0.405 e. The molecule has 0 bridgehead atoms. The molecular formula is C18H19F3IN3O. The van der Waals surface area contributed by atoms with Gasteiger partial charge in [-0.15, -0.1) is 37.1 Å². The Morgan fingerprint density at radius 1 is 1.19 bits per heavy atom. The van der Waals surface area contributed by atoms with Crippen LogP contribution in [0.4, 0.5) is 18.9 Å². The fraction of sp³-hybridized carbons (Fsp3) is 0.278. The number of alkyl halides is 3. The number of halogens is 4. The molecule has 26 heavy (non-hydrogen) atoms. The van der Waals surface area contributed by atoms with Crippen molar-refractivity contribution in [2.75, 3.05) is 5.32 Å². The van der Waals surface area contributed by atoms with Crippen LogP contribution in [-0.2, 0) is 0 Å². The maximum absolute atomic E-state index is 12.5. The standard InChI is InChI=1S/C18H18F3N3O.HI/c1-11-5-4-6-12(9-11)23-17(22)24-15-10-14(15)13-7-2-3-8-16(13)25-18(19,20)21;/h2-9,14-15H,10H2,1H3,(H3,22,23,24);1H. The molecule has 2 aromatic carbocycles. The van der Waals surface area contributed by atoms with E-state index in [0.717, 1.165) is 11.3 Å². The number of nitrogens with one attached hydrogen (secondary N) is 1. The number of guanidine groups is 1. The number of nitrogens with zero attached hydrogens (tertiary/aromatic N) is 1. The van der Waals surface area contributed by atoms with E-state index in [1.165, 1.54) is 12.1 Å². The third kappa shape index (κ3) is 5.52. The second kappa shape index (κ2) is 8.15. The molecule has 2 unspecified atom stereocenters. The molecule has 0 saturated heterocycles. The summed E-state index contributed by atoms with van der Waals surface area (Å²) in [4.78, 5) is 4.36. The Morgan fingerprint density at radius 3 is 2.62 bits per heavy atom. The Labute approximate surface area is 166 Å². The topological polar surface area (TPSA) is 59.6 Å². The van der Waals surface area contributed by atoms with Crippen molar-refractivity contribution in [3.63, 3.8) is 0 Å². The molecule has 0 amide bonds. The zero-order valence-corrected chi connectivity index (χ0v) is 16.3. The van der Waals surface area contributed by atoms with Gasteiger partial charge >= 0.3 is 6.36 Å². The summed E-state index contributed by atoms with van der Waals surface area (Å²) in [5.74, 6) is -0.0633. The van der Waals surface area contributed by atoms with Crippen LogP contribution in [0.5, 0.6) is 5.75 Å². The van der Waals surface area contributed by atoms with Crippen LogP contribution in [0.15, 0.2) is 53.5 Å². The predicted octanol–water partition coefficient (Wildman–Crippen LogP) is 4.79. The summed E-state index contributed by atoms with van der Waals surface area (Å²) in [6.45, 7) is 1.97. The summed E-state index contributed by atoms with van der Waals surface area (Å²) in [7, 11) is 0. The Morgan fingerprint density at radius 2 is 1.92 bits per heavy atom. The van der Waals surface area contributed by atoms with E-state index in [1.807, 2.05) is 31.2 Å². The first-order valence-corrected chi connectivity index (χ1v) is 7.83. The van der Waals surface area contributed by atoms with Crippen LogP contribution < -0.4 is 15.8 Å². The van der Waals surface area contributed by atoms with Gasteiger partial charge in [0, 0.05) is 11.6 Å². The minimum absolute atomic E-state index is 0. The Hall–Kier alpha value is -1.97. The van der Waals surface area contributed by atoms with Crippen LogP contribution in [0.2, 0.25) is 0 Å². The number of benzene rings is 2. The zero-order chi connectivity index (χ0) is 18.0. The van der Waals surface area contributed by atoms with Gasteiger partial charge in [0.15, 0.2) is 5.96 Å². The molecule has 0 aliphatic heterocycles. The SMILES string of the molecule is Cc1cccc(NC(N)=NC2CC2c2ccccc2OC(F)(F)F)c1.I. The molecule has 3 rings (SSSR count). The normalized spacial score (nSPS) is 19.5. The molecule has 4 nitrogen and oxygen atoms in total. The highest BCUT2D eigenvalue weighted by molar-refractivity contribution is 14.0. The van der Waals surface area contributed by atoms with E-state index in [0.29, 0.717) is 12.0 Å². The number of para-hydroxylation sites is 1. The van der Waals surface area contributed by atoms with Crippen LogP contribution in [0.1, 0.15) is 23.5 Å². The number of aryl methyl sites for hydroxylation is 1. The Bertz CT molecular complexity index is 795. The summed E-state index contributed by atoms with van der Waals surface area (Å²) in [5, 5.41) is 3.00. The van der Waals surface area contributed by atoms with Crippen LogP contribution >= 0.6 is 24.0 Å². The van der Waals surface area contributed by atoms with Crippen molar-refractivity contribution in [2.24, 2.45) is 10.7 Å². The second-order valence-electron chi connectivity index (χ2n) is 6.00. The second-order valence-corrected chi connectivity index (χ2v) is 6.00. The van der Waals surface area contributed by atoms with Gasteiger partial charge in [-0.25, -0.2) is 4.99 Å². The van der Waals surface area contributed by atoms with Crippen LogP contribution in [0.25, 0.3) is 0 Å². The molecule has 140 valence electrons. The Kier molecular flexibility index (Phi) is 6.38. The number of hydrogen-bond donors (Lipinski definition) is 2. The molecule has 8 heteroatoms. The fourth-order valence-corrected chi connectivity index (χ4v) is 2.74. The van der Waals surface area contributed by atoms with Crippen molar-refractivity contribution in [1.29, 1.82) is 0 Å². The van der Waals surface area contributed by atoms with Crippen molar-refractivity contribution >= 4 is 35.6 Å². The molecule has 1 fully saturated rings. The summed E-state index contributed by atoms with van der Waals surface area (Å²) in [6.07, 6.45) is -4.08. The molecule has 0 heterocycles. The van der Waals surface area contributed by atoms with Crippen LogP contribution in [0.3, 0.4) is 0 Å². The fourth-order valence-electron chi connectivity index (χ4n) is 2.74. The van der Waals surface area contributed by atoms with Gasteiger partial charge in [-0.05, 0) is 42.7 Å². The maximum atomic E-state index is 12.5. The molecule has 0 spiro atoms. The van der Waals surface area contributed by atoms with Gasteiger partial charge in [-0.1, -0.05) is 30.3 Å². The molecule has 1 aliphatic carbocycles. The molecular weight excluding hydrogens is 458 g/mol. The lowest BCUT2D eigenvalue weighted by Crippen LogP contribution is -2.23. The predicted molar refractivity (Wildman–Crippen MR) is 106 cm³/mol. The average molecular weight is 477 g/mol. The number of aliphatic imine (C=N–C) groups is 1. The maximum Gasteiger partial charge on any atom is 0.573 e. The van der Waals surface area contributed by atoms with Gasteiger partial charge in [0.2, 0.25) is 0 Å². The minimum atomic E-state index is -4.71. The largest absolute Gasteiger partial charge is 0.573 e. The van der Waals surface area contributed by atoms with Gasteiger partial charge < -0.3 is 15.8 Å². The van der Waals surface area contributed by atoms with E-state index in [4.69, 9.17) is 5.73 Å². The highest BCUT2D eigenvalue weighted by Crippen LogP contribution is 2.47. The molecule has 3 N–H and O–H groups in total. The summed E-state index contributed by atoms with van der Waals surface area (Å²) in [5.41, 5.74) is 8.30. The lowest BCUT2D eigenvalue weighted by molar-refractivity contribution is -0.274. The number of anilines is 1. The van der Waals surface area contributed by atoms with Crippen LogP contribution in [0, 0.1) is 6.92 Å². The molecule has 2 atom stereocenters. The van der Waals surface area contributed by atoms with Crippen molar-refractivity contribution in [3.05, 3.63) is 59.7 Å². The van der Waals surface area contributed by atoms with Crippen molar-refractivity contribution < 1.29 is 17.9 Å². The average Bonchev–Trinajstić information content (AvgIpc) is 3.25. The van der Waals surface area contributed by atoms with E-state index in [2.05, 4.69) is 15.0 Å². The van der Waals surface area contributed by atoms with E-state index in [1.54, 1.807) is 12.1 Å². The van der Waals surface area contributed by atoms with Gasteiger partial charge in [0.05, 0.1) is 6.04 Å². The highest BCUT2D eigenvalue weighted by atomic mass is 127. The van der Waals surface area contributed by atoms with Gasteiger partial charge in [0.1, 0.15) is 5.75 Å². The zero-order valence-electron chi connectivity index (χ0n) is 14.0. The van der Waals surface area contributed by atoms with Crippen molar-refractivity contribution in [1.82, 2.24) is 0 Å². The monoisotopic (exact) mass is 477 g/mol. The lowest BCUT2D eigenvalue weighted by atomic mass is 10.1. The van der Waals surface area contributed by atoms with Crippen molar-refractivity contribution in [2.45, 2.75) is 31.7 Å². The molecule has 1 saturated carbocycles. The van der Waals surface area contributed by atoms with Gasteiger partial charge in [-0.2, -0.15) is 0 Å². The summed E-state index contributed by atoms with van der Waals surface area (Å²) < 4.78 is 41.6. The first-order valence-electron chi connectivity index (χ1n) is 7.83. The number of ether oxygens (including phenoxy) is 1. The third-order valence-electron chi connectivity index (χ3n) is 3.90. The first kappa shape index (κ1) is 20.3. The first-order chi connectivity index (χ1) is 11.8. The highest BCUT2D eigenvalue weighted by Gasteiger charge is 2.42. The van der Waals surface area contributed by atoms with Crippen LogP contribution in [-0.4, -0.2) is 18.4 Å². The molecule has 0 radical (unpaired) electrons. The molecule has 2 aromatic rings. The van der Waals surface area contributed by atoms with E-state index >= 15 is 0 Å². The number of hydrogen-bond acceptors (Lipinski definition) is 2. The number of rotatable bonds is 4. The summed E-state index contributed by atoms with van der Waals surface area (Å²) >= 11 is 0. The van der Waals surface area contributed by atoms with E-state index < -0.39 is 6.36 Å². The van der Waals surface area contributed by atoms with Crippen molar-refractivity contribution in [3.8, 4) is 5.75 Å². The molecule has 0 aromatic heterocycles.